The van der Waals surface area contributed by atoms with Crippen LogP contribution in [0.2, 0.25) is 0 Å². The third-order valence-corrected chi connectivity index (χ3v) is 15.7. The number of carbonyl (C=O) groups is 3. The van der Waals surface area contributed by atoms with Crippen LogP contribution in [0, 0.1) is 0 Å². The first-order valence-electron chi connectivity index (χ1n) is 36.7. The van der Waals surface area contributed by atoms with Crippen molar-refractivity contribution in [1.82, 2.24) is 0 Å². The molecule has 2 atom stereocenters. The number of ether oxygens (including phenoxy) is 4. The number of esters is 2. The predicted molar refractivity (Wildman–Crippen MR) is 380 cm³/mol. The molecule has 0 amide bonds. The maximum Gasteiger partial charge on any atom is 0.306 e. The second kappa shape index (κ2) is 69.6. The Kier molecular flexibility index (Phi) is 66.2. The van der Waals surface area contributed by atoms with Crippen molar-refractivity contribution in [1.29, 1.82) is 0 Å². The lowest BCUT2D eigenvalue weighted by Crippen LogP contribution is -2.44. The number of carboxylic acid groups (broad SMARTS) is 1. The van der Waals surface area contributed by atoms with E-state index >= 15 is 0 Å². The summed E-state index contributed by atoms with van der Waals surface area (Å²) in [4.78, 5) is 37.5. The molecule has 0 aromatic carbocycles. The van der Waals surface area contributed by atoms with Gasteiger partial charge in [0.15, 0.2) is 12.4 Å². The highest BCUT2D eigenvalue weighted by Crippen LogP contribution is 2.17. The number of nitrogens with zero attached hydrogens (tertiary/aromatic N) is 1. The molecule has 0 spiro atoms. The van der Waals surface area contributed by atoms with Gasteiger partial charge in [-0.3, -0.25) is 9.59 Å². The number of rotatable bonds is 67. The molecule has 9 heteroatoms. The van der Waals surface area contributed by atoms with Gasteiger partial charge in [-0.1, -0.05) is 309 Å². The Hall–Kier alpha value is -4.31. The molecule has 0 fully saturated rings. The number of likely N-dealkylation sites (N-methyl/N-ethyl adjacent to an activating group) is 1. The Morgan fingerprint density at radius 2 is 0.640 bits per heavy atom. The van der Waals surface area contributed by atoms with Gasteiger partial charge in [0.2, 0.25) is 0 Å². The molecule has 0 saturated carbocycles. The van der Waals surface area contributed by atoms with Gasteiger partial charge in [-0.2, -0.15) is 0 Å². The van der Waals surface area contributed by atoms with Crippen LogP contribution in [-0.2, 0) is 33.3 Å². The van der Waals surface area contributed by atoms with E-state index in [-0.39, 0.29) is 38.6 Å². The van der Waals surface area contributed by atoms with Gasteiger partial charge in [-0.05, 0) is 109 Å². The van der Waals surface area contributed by atoms with Crippen LogP contribution in [0.25, 0.3) is 0 Å². The standard InChI is InChI=1S/C80H137NO8/c1-6-8-10-12-14-16-18-20-22-24-26-28-30-32-33-34-35-36-37-38-39-40-41-42-43-44-45-47-49-51-53-55-57-59-61-63-65-67-69-71-78(83)89-76(75-88-80(79(84)85)86-73-72-81(3,4)5)74-87-77(82)70-68-66-64-62-60-58-56-54-52-50-48-46-31-29-27-25-23-21-19-17-15-13-11-9-7-2/h8,10,14,16,20,22,25-28,32-33,35-36,38-39,41-42,44-45,76,80H,6-7,9,11-13,15,17-19,21,23-24,29-31,34,37,40,43,46-75H2,1-5H3/b10-8-,16-14-,22-20-,27-25-,28-26-,33-32-,36-35-,39-38-,42-41-,45-44-. The fourth-order valence-electron chi connectivity index (χ4n) is 10.1. The first kappa shape index (κ1) is 84.7. The molecule has 0 N–H and O–H groups in total. The molecule has 0 heterocycles. The number of hydrogen-bond acceptors (Lipinski definition) is 8. The highest BCUT2D eigenvalue weighted by Gasteiger charge is 2.22. The van der Waals surface area contributed by atoms with Gasteiger partial charge in [0.1, 0.15) is 13.2 Å². The van der Waals surface area contributed by atoms with Crippen molar-refractivity contribution in [3.8, 4) is 0 Å². The van der Waals surface area contributed by atoms with Crippen LogP contribution in [0.15, 0.2) is 122 Å². The fraction of sp³-hybridized carbons (Fsp3) is 0.713. The van der Waals surface area contributed by atoms with Crippen LogP contribution in [-0.4, -0.2) is 82.3 Å². The summed E-state index contributed by atoms with van der Waals surface area (Å²) >= 11 is 0. The first-order valence-corrected chi connectivity index (χ1v) is 36.7. The lowest BCUT2D eigenvalue weighted by molar-refractivity contribution is -0.870. The minimum atomic E-state index is -1.63. The van der Waals surface area contributed by atoms with E-state index in [9.17, 15) is 19.5 Å². The first-order chi connectivity index (χ1) is 43.6. The number of carboxylic acids is 1. The zero-order valence-corrected chi connectivity index (χ0v) is 58.3. The topological polar surface area (TPSA) is 111 Å². The maximum atomic E-state index is 12.9. The third-order valence-electron chi connectivity index (χ3n) is 15.7. The largest absolute Gasteiger partial charge is 0.545 e. The molecule has 0 aliphatic rings. The van der Waals surface area contributed by atoms with Crippen molar-refractivity contribution in [2.75, 3.05) is 47.5 Å². The Morgan fingerprint density at radius 1 is 0.348 bits per heavy atom. The summed E-state index contributed by atoms with van der Waals surface area (Å²) in [6.45, 7) is 4.65. The number of hydrogen-bond donors (Lipinski definition) is 0. The fourth-order valence-corrected chi connectivity index (χ4v) is 10.1. The highest BCUT2D eigenvalue weighted by molar-refractivity contribution is 5.70. The molecule has 0 aliphatic heterocycles. The lowest BCUT2D eigenvalue weighted by atomic mass is 10.0. The van der Waals surface area contributed by atoms with Gasteiger partial charge < -0.3 is 33.3 Å². The molecule has 0 aliphatic carbocycles. The van der Waals surface area contributed by atoms with E-state index in [1.165, 1.54) is 173 Å². The van der Waals surface area contributed by atoms with Crippen molar-refractivity contribution in [3.63, 3.8) is 0 Å². The summed E-state index contributed by atoms with van der Waals surface area (Å²) in [5.74, 6) is -2.28. The molecule has 9 nitrogen and oxygen atoms in total. The van der Waals surface area contributed by atoms with Crippen molar-refractivity contribution in [3.05, 3.63) is 122 Å². The van der Waals surface area contributed by atoms with Crippen LogP contribution in [0.3, 0.4) is 0 Å². The number of aliphatic carboxylic acids is 1. The van der Waals surface area contributed by atoms with Gasteiger partial charge in [-0.25, -0.2) is 0 Å². The number of allylic oxidation sites excluding steroid dienone is 20. The minimum Gasteiger partial charge on any atom is -0.545 e. The van der Waals surface area contributed by atoms with E-state index in [0.717, 1.165) is 103 Å². The van der Waals surface area contributed by atoms with Crippen LogP contribution >= 0.6 is 0 Å². The second-order valence-electron chi connectivity index (χ2n) is 25.5. The molecule has 0 radical (unpaired) electrons. The Morgan fingerprint density at radius 3 is 0.966 bits per heavy atom. The molecule has 2 unspecified atom stereocenters. The van der Waals surface area contributed by atoms with E-state index in [4.69, 9.17) is 18.9 Å². The number of quaternary nitrogens is 1. The summed E-state index contributed by atoms with van der Waals surface area (Å²) < 4.78 is 22.8. The average Bonchev–Trinajstić information content (AvgIpc) is 3.64. The molecule has 0 bridgehead atoms. The molecule has 0 aromatic rings. The summed E-state index contributed by atoms with van der Waals surface area (Å²) in [5, 5.41) is 11.8. The molecule has 0 rings (SSSR count). The quantitative estimate of drug-likeness (QED) is 0.0195. The van der Waals surface area contributed by atoms with Crippen molar-refractivity contribution in [2.45, 2.75) is 322 Å². The molecule has 510 valence electrons. The molecule has 0 aromatic heterocycles. The van der Waals surface area contributed by atoms with Crippen LogP contribution < -0.4 is 5.11 Å². The SMILES string of the molecule is CC/C=C\C/C=C\C/C=C\C/C=C\C/C=C\C/C=C\C/C=C\C/C=C\C/C=C\CCCCCCCCCCCCCC(=O)OC(COC(=O)CCCCCCCCCCCCCCC/C=C\CCCCCCCCCC)COC(OCC[N+](C)(C)C)C(=O)[O-]. The predicted octanol–water partition coefficient (Wildman–Crippen LogP) is 21.8. The number of carbonyl (C=O) groups excluding carboxylic acids is 3. The van der Waals surface area contributed by atoms with Crippen LogP contribution in [0.4, 0.5) is 0 Å². The summed E-state index contributed by atoms with van der Waals surface area (Å²) in [7, 11) is 5.93. The van der Waals surface area contributed by atoms with Gasteiger partial charge >= 0.3 is 11.9 Å². The zero-order chi connectivity index (χ0) is 64.7. The highest BCUT2D eigenvalue weighted by atomic mass is 16.7. The number of unbranched alkanes of at least 4 members (excludes halogenated alkanes) is 32. The Labute approximate surface area is 548 Å². The molecular weight excluding hydrogens is 1100 g/mol. The van der Waals surface area contributed by atoms with Gasteiger partial charge in [0.05, 0.1) is 40.3 Å². The van der Waals surface area contributed by atoms with Gasteiger partial charge in [0.25, 0.3) is 0 Å². The van der Waals surface area contributed by atoms with E-state index in [1.54, 1.807) is 0 Å². The molecule has 89 heavy (non-hydrogen) atoms. The normalized spacial score (nSPS) is 13.4. The van der Waals surface area contributed by atoms with Gasteiger partial charge in [-0.15, -0.1) is 0 Å². The van der Waals surface area contributed by atoms with E-state index in [0.29, 0.717) is 17.4 Å². The summed E-state index contributed by atoms with van der Waals surface area (Å²) in [6.07, 6.45) is 95.7. The Balaban J connectivity index is 4.12. The molecule has 0 saturated heterocycles. The average molecular weight is 1240 g/mol. The van der Waals surface area contributed by atoms with E-state index in [1.807, 2.05) is 21.1 Å². The second-order valence-corrected chi connectivity index (χ2v) is 25.5. The smallest absolute Gasteiger partial charge is 0.306 e. The summed E-state index contributed by atoms with van der Waals surface area (Å²) in [6, 6.07) is 0. The summed E-state index contributed by atoms with van der Waals surface area (Å²) in [5.41, 5.74) is 0. The van der Waals surface area contributed by atoms with Crippen molar-refractivity contribution in [2.24, 2.45) is 0 Å². The third kappa shape index (κ3) is 71.0. The Bertz CT molecular complexity index is 1880. The monoisotopic (exact) mass is 1240 g/mol. The van der Waals surface area contributed by atoms with E-state index < -0.39 is 24.3 Å². The lowest BCUT2D eigenvalue weighted by Gasteiger charge is -2.26. The minimum absolute atomic E-state index is 0.143. The van der Waals surface area contributed by atoms with Crippen molar-refractivity contribution >= 4 is 17.9 Å². The van der Waals surface area contributed by atoms with E-state index in [2.05, 4.69) is 135 Å². The maximum absolute atomic E-state index is 12.9. The zero-order valence-electron chi connectivity index (χ0n) is 58.3. The molecular formula is C80H137NO8. The van der Waals surface area contributed by atoms with Crippen molar-refractivity contribution < 1.29 is 42.9 Å². The van der Waals surface area contributed by atoms with Crippen LogP contribution in [0.5, 0.6) is 0 Å². The van der Waals surface area contributed by atoms with Crippen LogP contribution in [0.1, 0.15) is 309 Å². The van der Waals surface area contributed by atoms with Gasteiger partial charge in [0, 0.05) is 12.8 Å².